The maximum absolute atomic E-state index is 12.8. The van der Waals surface area contributed by atoms with E-state index in [1.54, 1.807) is 0 Å². The predicted molar refractivity (Wildman–Crippen MR) is 112 cm³/mol. The Morgan fingerprint density at radius 1 is 1.40 bits per heavy atom. The second-order valence-corrected chi connectivity index (χ2v) is 9.15. The highest BCUT2D eigenvalue weighted by Gasteiger charge is 2.39. The normalized spacial score (nSPS) is 18.0. The van der Waals surface area contributed by atoms with Crippen LogP contribution in [0.15, 0.2) is 6.07 Å². The largest absolute Gasteiger partial charge is 0.463 e. The summed E-state index contributed by atoms with van der Waals surface area (Å²) in [6, 6.07) is 1.90. The van der Waals surface area contributed by atoms with Crippen molar-refractivity contribution in [2.45, 2.75) is 52.5 Å². The van der Waals surface area contributed by atoms with Gasteiger partial charge >= 0.3 is 5.97 Å². The Hall–Kier alpha value is -2.26. The van der Waals surface area contributed by atoms with Crippen LogP contribution in [0.4, 0.5) is 0 Å². The molecule has 4 heterocycles. The van der Waals surface area contributed by atoms with E-state index in [0.29, 0.717) is 38.3 Å². The molecular weight excluding hydrogens is 404 g/mol. The lowest BCUT2D eigenvalue weighted by Crippen LogP contribution is -2.40. The minimum absolute atomic E-state index is 0.00110. The van der Waals surface area contributed by atoms with Crippen LogP contribution < -0.4 is 5.32 Å². The number of nitrogens with zero attached hydrogens (tertiary/aromatic N) is 3. The van der Waals surface area contributed by atoms with E-state index in [-0.39, 0.29) is 30.3 Å². The van der Waals surface area contributed by atoms with Crippen LogP contribution in [0.2, 0.25) is 0 Å². The van der Waals surface area contributed by atoms with Gasteiger partial charge in [0, 0.05) is 24.6 Å². The maximum atomic E-state index is 12.8. The van der Waals surface area contributed by atoms with Crippen LogP contribution in [0.5, 0.6) is 0 Å². The first kappa shape index (κ1) is 21.0. The average molecular weight is 433 g/mol. The monoisotopic (exact) mass is 432 g/mol. The molecule has 9 heteroatoms. The first-order valence-electron chi connectivity index (χ1n) is 10.5. The molecule has 0 atom stereocenters. The Kier molecular flexibility index (Phi) is 6.19. The fraction of sp³-hybridized carbons (Fsp3) is 0.619. The molecule has 2 aromatic rings. The first-order valence-corrected chi connectivity index (χ1v) is 11.3. The highest BCUT2D eigenvalue weighted by Crippen LogP contribution is 2.37. The molecule has 0 bridgehead atoms. The minimum atomic E-state index is -0.298. The Morgan fingerprint density at radius 3 is 2.90 bits per heavy atom. The van der Waals surface area contributed by atoms with Crippen molar-refractivity contribution in [2.75, 3.05) is 26.4 Å². The van der Waals surface area contributed by atoms with E-state index in [9.17, 15) is 9.59 Å². The van der Waals surface area contributed by atoms with E-state index in [1.807, 2.05) is 24.6 Å². The SMILES string of the molecule is CCc1nn(CCOC(=O)Cc2cc(C)sn2)c2c1C(=O)NCC1(CCOCC1)C2. The zero-order valence-electron chi connectivity index (χ0n) is 17.5. The lowest BCUT2D eigenvalue weighted by molar-refractivity contribution is -0.143. The third-order valence-electron chi connectivity index (χ3n) is 5.98. The topological polar surface area (TPSA) is 95.3 Å². The molecule has 0 aliphatic carbocycles. The molecule has 1 saturated heterocycles. The van der Waals surface area contributed by atoms with Gasteiger partial charge < -0.3 is 14.8 Å². The van der Waals surface area contributed by atoms with Gasteiger partial charge in [-0.3, -0.25) is 14.3 Å². The smallest absolute Gasteiger partial charge is 0.311 e. The van der Waals surface area contributed by atoms with Crippen LogP contribution in [-0.2, 0) is 40.1 Å². The summed E-state index contributed by atoms with van der Waals surface area (Å²) in [5, 5.41) is 7.80. The highest BCUT2D eigenvalue weighted by molar-refractivity contribution is 7.05. The quantitative estimate of drug-likeness (QED) is 0.703. The van der Waals surface area contributed by atoms with Crippen molar-refractivity contribution in [1.29, 1.82) is 0 Å². The fourth-order valence-electron chi connectivity index (χ4n) is 4.30. The van der Waals surface area contributed by atoms with E-state index in [2.05, 4.69) is 14.8 Å². The van der Waals surface area contributed by atoms with Crippen LogP contribution in [0.1, 0.15) is 52.1 Å². The minimum Gasteiger partial charge on any atom is -0.463 e. The zero-order chi connectivity index (χ0) is 21.1. The lowest BCUT2D eigenvalue weighted by atomic mass is 9.76. The number of carbonyl (C=O) groups excluding carboxylic acids is 2. The van der Waals surface area contributed by atoms with Crippen LogP contribution >= 0.6 is 11.5 Å². The summed E-state index contributed by atoms with van der Waals surface area (Å²) in [6.45, 7) is 6.71. The molecule has 1 N–H and O–H groups in total. The van der Waals surface area contributed by atoms with Gasteiger partial charge in [-0.15, -0.1) is 0 Å². The summed E-state index contributed by atoms with van der Waals surface area (Å²) < 4.78 is 17.1. The molecule has 2 aliphatic heterocycles. The summed E-state index contributed by atoms with van der Waals surface area (Å²) in [5.74, 6) is -0.347. The van der Waals surface area contributed by atoms with E-state index in [0.717, 1.165) is 41.2 Å². The number of aryl methyl sites for hydroxylation is 2. The van der Waals surface area contributed by atoms with Crippen molar-refractivity contribution < 1.29 is 19.1 Å². The van der Waals surface area contributed by atoms with Crippen LogP contribution in [0.25, 0.3) is 0 Å². The number of esters is 1. The maximum Gasteiger partial charge on any atom is 0.311 e. The van der Waals surface area contributed by atoms with E-state index < -0.39 is 0 Å². The fourth-order valence-corrected chi connectivity index (χ4v) is 4.87. The summed E-state index contributed by atoms with van der Waals surface area (Å²) in [4.78, 5) is 26.0. The Morgan fingerprint density at radius 2 is 2.20 bits per heavy atom. The van der Waals surface area contributed by atoms with Crippen molar-refractivity contribution in [3.8, 4) is 0 Å². The van der Waals surface area contributed by atoms with Gasteiger partial charge in [0.05, 0.1) is 35.6 Å². The third kappa shape index (κ3) is 4.41. The molecule has 2 aliphatic rings. The number of carbonyl (C=O) groups is 2. The first-order chi connectivity index (χ1) is 14.5. The number of ether oxygens (including phenoxy) is 2. The van der Waals surface area contributed by atoms with Gasteiger partial charge in [-0.2, -0.15) is 9.47 Å². The molecule has 162 valence electrons. The van der Waals surface area contributed by atoms with Gasteiger partial charge in [0.15, 0.2) is 0 Å². The second kappa shape index (κ2) is 8.85. The van der Waals surface area contributed by atoms with Crippen LogP contribution in [-0.4, -0.2) is 52.4 Å². The molecule has 1 amide bonds. The molecule has 0 aromatic carbocycles. The van der Waals surface area contributed by atoms with Gasteiger partial charge in [0.2, 0.25) is 0 Å². The Labute approximate surface area is 180 Å². The van der Waals surface area contributed by atoms with Crippen LogP contribution in [0.3, 0.4) is 0 Å². The van der Waals surface area contributed by atoms with Crippen molar-refractivity contribution in [3.05, 3.63) is 33.6 Å². The van der Waals surface area contributed by atoms with Crippen molar-refractivity contribution in [1.82, 2.24) is 19.5 Å². The molecule has 4 rings (SSSR count). The summed E-state index contributed by atoms with van der Waals surface area (Å²) >= 11 is 1.38. The third-order valence-corrected chi connectivity index (χ3v) is 6.71. The van der Waals surface area contributed by atoms with Gasteiger partial charge in [0.1, 0.15) is 6.61 Å². The molecule has 2 aromatic heterocycles. The standard InChI is InChI=1S/C21H28N4O4S/c1-3-16-19-17(12-21(13-22-20(19)27)4-7-28-8-5-21)25(23-16)6-9-29-18(26)11-15-10-14(2)30-24-15/h10H,3-9,11-13H2,1-2H3,(H,22,27). The zero-order valence-corrected chi connectivity index (χ0v) is 18.3. The molecule has 8 nitrogen and oxygen atoms in total. The Bertz CT molecular complexity index is 930. The lowest BCUT2D eigenvalue weighted by Gasteiger charge is -2.36. The number of aromatic nitrogens is 3. The highest BCUT2D eigenvalue weighted by atomic mass is 32.1. The number of rotatable bonds is 6. The van der Waals surface area contributed by atoms with Crippen molar-refractivity contribution >= 4 is 23.4 Å². The molecule has 0 radical (unpaired) electrons. The van der Waals surface area contributed by atoms with Crippen molar-refractivity contribution in [2.24, 2.45) is 5.41 Å². The molecule has 0 saturated carbocycles. The number of hydrogen-bond acceptors (Lipinski definition) is 7. The van der Waals surface area contributed by atoms with Gasteiger partial charge in [-0.1, -0.05) is 6.92 Å². The van der Waals surface area contributed by atoms with Gasteiger partial charge in [0.25, 0.3) is 5.91 Å². The predicted octanol–water partition coefficient (Wildman–Crippen LogP) is 2.08. The number of amides is 1. The van der Waals surface area contributed by atoms with Crippen LogP contribution in [0, 0.1) is 12.3 Å². The van der Waals surface area contributed by atoms with Gasteiger partial charge in [-0.25, -0.2) is 0 Å². The summed E-state index contributed by atoms with van der Waals surface area (Å²) in [7, 11) is 0. The average Bonchev–Trinajstić information content (AvgIpc) is 3.26. The van der Waals surface area contributed by atoms with Gasteiger partial charge in [-0.05, 0) is 55.6 Å². The van der Waals surface area contributed by atoms with E-state index in [4.69, 9.17) is 9.47 Å². The molecule has 30 heavy (non-hydrogen) atoms. The van der Waals surface area contributed by atoms with E-state index >= 15 is 0 Å². The van der Waals surface area contributed by atoms with Crippen molar-refractivity contribution in [3.63, 3.8) is 0 Å². The number of hydrogen-bond donors (Lipinski definition) is 1. The second-order valence-electron chi connectivity index (χ2n) is 8.14. The van der Waals surface area contributed by atoms with E-state index in [1.165, 1.54) is 11.5 Å². The number of fused-ring (bicyclic) bond motifs is 1. The molecule has 0 unspecified atom stereocenters. The Balaban J connectivity index is 1.47. The summed E-state index contributed by atoms with van der Waals surface area (Å²) in [5.41, 5.74) is 3.19. The molecular formula is C21H28N4O4S. The number of nitrogens with one attached hydrogen (secondary N) is 1. The summed E-state index contributed by atoms with van der Waals surface area (Å²) in [6.07, 6.45) is 3.47. The molecule has 1 spiro atoms. The molecule has 1 fully saturated rings.